The summed E-state index contributed by atoms with van der Waals surface area (Å²) in [7, 11) is 0. The summed E-state index contributed by atoms with van der Waals surface area (Å²) in [5.41, 5.74) is 3.11. The van der Waals surface area contributed by atoms with Gasteiger partial charge >= 0.3 is 0 Å². The second-order valence-corrected chi connectivity index (χ2v) is 5.85. The molecule has 0 aliphatic heterocycles. The summed E-state index contributed by atoms with van der Waals surface area (Å²) >= 11 is 0. The second kappa shape index (κ2) is 7.27. The van der Waals surface area contributed by atoms with Crippen LogP contribution in [0.25, 0.3) is 5.69 Å². The lowest BCUT2D eigenvalue weighted by Crippen LogP contribution is -2.24. The third-order valence-corrected chi connectivity index (χ3v) is 4.25. The molecule has 0 aliphatic carbocycles. The highest BCUT2D eigenvalue weighted by Crippen LogP contribution is 2.28. The van der Waals surface area contributed by atoms with Gasteiger partial charge in [-0.1, -0.05) is 42.5 Å². The van der Waals surface area contributed by atoms with Gasteiger partial charge in [-0.3, -0.25) is 0 Å². The van der Waals surface area contributed by atoms with E-state index >= 15 is 0 Å². The summed E-state index contributed by atoms with van der Waals surface area (Å²) < 4.78 is 1.73. The lowest BCUT2D eigenvalue weighted by molar-refractivity contribution is 0.419. The topological polar surface area (TPSA) is 63.0 Å². The molecule has 3 rings (SSSR count). The SMILES string of the molecule is CCC(NC(C)c1ccc(-n2ccnn2)cc1)c1ccccc1O. The van der Waals surface area contributed by atoms with Crippen molar-refractivity contribution in [3.63, 3.8) is 0 Å². The lowest BCUT2D eigenvalue weighted by Gasteiger charge is -2.24. The number of benzene rings is 2. The molecule has 1 aromatic heterocycles. The standard InChI is InChI=1S/C19H22N4O/c1-3-18(17-6-4-5-7-19(17)24)21-14(2)15-8-10-16(11-9-15)23-13-12-20-22-23/h4-14,18,21,24H,3H2,1-2H3. The maximum absolute atomic E-state index is 10.1. The highest BCUT2D eigenvalue weighted by Gasteiger charge is 2.16. The van der Waals surface area contributed by atoms with E-state index in [2.05, 4.69) is 41.6 Å². The van der Waals surface area contributed by atoms with Gasteiger partial charge in [0.15, 0.2) is 0 Å². The van der Waals surface area contributed by atoms with Gasteiger partial charge < -0.3 is 10.4 Å². The molecule has 5 heteroatoms. The molecule has 0 aliphatic rings. The number of hydrogen-bond acceptors (Lipinski definition) is 4. The third-order valence-electron chi connectivity index (χ3n) is 4.25. The summed E-state index contributed by atoms with van der Waals surface area (Å²) in [5, 5.41) is 21.5. The van der Waals surface area contributed by atoms with E-state index in [-0.39, 0.29) is 12.1 Å². The van der Waals surface area contributed by atoms with Crippen molar-refractivity contribution in [1.29, 1.82) is 0 Å². The van der Waals surface area contributed by atoms with Crippen LogP contribution in [0.15, 0.2) is 60.9 Å². The molecule has 0 saturated heterocycles. The molecule has 1 heterocycles. The van der Waals surface area contributed by atoms with E-state index in [0.717, 1.165) is 17.7 Å². The van der Waals surface area contributed by atoms with Gasteiger partial charge in [-0.15, -0.1) is 5.10 Å². The number of phenolic OH excluding ortho intramolecular Hbond substituents is 1. The van der Waals surface area contributed by atoms with E-state index in [4.69, 9.17) is 0 Å². The zero-order valence-electron chi connectivity index (χ0n) is 13.9. The van der Waals surface area contributed by atoms with E-state index in [0.29, 0.717) is 5.75 Å². The molecule has 0 saturated carbocycles. The first-order chi connectivity index (χ1) is 11.7. The van der Waals surface area contributed by atoms with Gasteiger partial charge in [0.1, 0.15) is 5.75 Å². The number of nitrogens with one attached hydrogen (secondary N) is 1. The highest BCUT2D eigenvalue weighted by molar-refractivity contribution is 5.36. The molecule has 2 N–H and O–H groups in total. The minimum atomic E-state index is 0.108. The van der Waals surface area contributed by atoms with Crippen LogP contribution in [0.2, 0.25) is 0 Å². The molecule has 0 fully saturated rings. The lowest BCUT2D eigenvalue weighted by atomic mass is 10.0. The fourth-order valence-electron chi connectivity index (χ4n) is 2.87. The zero-order chi connectivity index (χ0) is 16.9. The largest absolute Gasteiger partial charge is 0.508 e. The maximum Gasteiger partial charge on any atom is 0.120 e. The molecule has 3 aromatic rings. The van der Waals surface area contributed by atoms with Crippen molar-refractivity contribution in [3.8, 4) is 11.4 Å². The molecule has 0 spiro atoms. The predicted molar refractivity (Wildman–Crippen MR) is 94.0 cm³/mol. The first-order valence-electron chi connectivity index (χ1n) is 8.19. The van der Waals surface area contributed by atoms with Crippen molar-refractivity contribution in [1.82, 2.24) is 20.3 Å². The Morgan fingerprint density at radius 3 is 2.50 bits per heavy atom. The Labute approximate surface area is 142 Å². The van der Waals surface area contributed by atoms with Crippen molar-refractivity contribution in [3.05, 3.63) is 72.1 Å². The number of aromatic nitrogens is 3. The van der Waals surface area contributed by atoms with Crippen LogP contribution >= 0.6 is 0 Å². The highest BCUT2D eigenvalue weighted by atomic mass is 16.3. The van der Waals surface area contributed by atoms with Gasteiger partial charge in [0.05, 0.1) is 18.1 Å². The Hall–Kier alpha value is -2.66. The van der Waals surface area contributed by atoms with E-state index in [9.17, 15) is 5.11 Å². The molecule has 2 unspecified atom stereocenters. The third kappa shape index (κ3) is 3.46. The smallest absolute Gasteiger partial charge is 0.120 e. The zero-order valence-corrected chi connectivity index (χ0v) is 13.9. The van der Waals surface area contributed by atoms with Crippen molar-refractivity contribution < 1.29 is 5.11 Å². The first-order valence-corrected chi connectivity index (χ1v) is 8.19. The summed E-state index contributed by atoms with van der Waals surface area (Å²) in [6.45, 7) is 4.25. The summed E-state index contributed by atoms with van der Waals surface area (Å²) in [6, 6.07) is 16.0. The van der Waals surface area contributed by atoms with Gasteiger partial charge in [0.25, 0.3) is 0 Å². The van der Waals surface area contributed by atoms with Gasteiger partial charge in [-0.2, -0.15) is 0 Å². The molecular formula is C19H22N4O. The molecule has 2 atom stereocenters. The van der Waals surface area contributed by atoms with Crippen LogP contribution < -0.4 is 5.32 Å². The van der Waals surface area contributed by atoms with Gasteiger partial charge in [0, 0.05) is 17.6 Å². The Morgan fingerprint density at radius 1 is 1.12 bits per heavy atom. The van der Waals surface area contributed by atoms with Crippen LogP contribution in [0.4, 0.5) is 0 Å². The summed E-state index contributed by atoms with van der Waals surface area (Å²) in [5.74, 6) is 0.339. The van der Waals surface area contributed by atoms with E-state index in [1.54, 1.807) is 16.9 Å². The number of hydrogen-bond donors (Lipinski definition) is 2. The normalized spacial score (nSPS) is 13.6. The molecule has 24 heavy (non-hydrogen) atoms. The maximum atomic E-state index is 10.1. The fourth-order valence-corrected chi connectivity index (χ4v) is 2.87. The van der Waals surface area contributed by atoms with E-state index in [1.165, 1.54) is 5.56 Å². The first kappa shape index (κ1) is 16.2. The van der Waals surface area contributed by atoms with Crippen molar-refractivity contribution in [2.75, 3.05) is 0 Å². The fraction of sp³-hybridized carbons (Fsp3) is 0.263. The Balaban J connectivity index is 1.74. The van der Waals surface area contributed by atoms with Crippen molar-refractivity contribution in [2.24, 2.45) is 0 Å². The average Bonchev–Trinajstić information content (AvgIpc) is 3.15. The molecule has 124 valence electrons. The average molecular weight is 322 g/mol. The van der Waals surface area contributed by atoms with Gasteiger partial charge in [0.2, 0.25) is 0 Å². The minimum Gasteiger partial charge on any atom is -0.508 e. The van der Waals surface area contributed by atoms with Crippen LogP contribution in [-0.2, 0) is 0 Å². The number of para-hydroxylation sites is 1. The van der Waals surface area contributed by atoms with Crippen LogP contribution in [-0.4, -0.2) is 20.1 Å². The van der Waals surface area contributed by atoms with Gasteiger partial charge in [-0.05, 0) is 37.1 Å². The van der Waals surface area contributed by atoms with E-state index < -0.39 is 0 Å². The molecule has 0 bridgehead atoms. The van der Waals surface area contributed by atoms with Gasteiger partial charge in [-0.25, -0.2) is 4.68 Å². The minimum absolute atomic E-state index is 0.108. The van der Waals surface area contributed by atoms with Crippen LogP contribution in [0.1, 0.15) is 43.5 Å². The molecule has 2 aromatic carbocycles. The number of phenols is 1. The molecule has 5 nitrogen and oxygen atoms in total. The van der Waals surface area contributed by atoms with Crippen LogP contribution in [0.5, 0.6) is 5.75 Å². The Bertz CT molecular complexity index is 768. The summed E-state index contributed by atoms with van der Waals surface area (Å²) in [4.78, 5) is 0. The molecule has 0 amide bonds. The Morgan fingerprint density at radius 2 is 1.88 bits per heavy atom. The van der Waals surface area contributed by atoms with Crippen LogP contribution in [0, 0.1) is 0 Å². The number of rotatable bonds is 6. The van der Waals surface area contributed by atoms with Crippen molar-refractivity contribution >= 4 is 0 Å². The Kier molecular flexibility index (Phi) is 4.91. The monoisotopic (exact) mass is 322 g/mol. The number of nitrogens with zero attached hydrogens (tertiary/aromatic N) is 3. The van der Waals surface area contributed by atoms with E-state index in [1.807, 2.05) is 36.5 Å². The molecule has 0 radical (unpaired) electrons. The number of aromatic hydroxyl groups is 1. The second-order valence-electron chi connectivity index (χ2n) is 5.85. The van der Waals surface area contributed by atoms with Crippen molar-refractivity contribution in [2.45, 2.75) is 32.4 Å². The molecular weight excluding hydrogens is 300 g/mol. The predicted octanol–water partition coefficient (Wildman–Crippen LogP) is 3.77. The quantitative estimate of drug-likeness (QED) is 0.725. The van der Waals surface area contributed by atoms with Crippen LogP contribution in [0.3, 0.4) is 0 Å². The summed E-state index contributed by atoms with van der Waals surface area (Å²) in [6.07, 6.45) is 4.39.